The summed E-state index contributed by atoms with van der Waals surface area (Å²) in [7, 11) is 0. The van der Waals surface area contributed by atoms with Crippen molar-refractivity contribution >= 4 is 5.91 Å². The fraction of sp³-hybridized carbons (Fsp3) is 0.667. The lowest BCUT2D eigenvalue weighted by Gasteiger charge is -2.53. The van der Waals surface area contributed by atoms with Crippen LogP contribution < -0.4 is 5.32 Å². The molecule has 4 rings (SSSR count). The standard InChI is InChI=1S/C21H26F3NO2/c1-4-17(26)25-19-20(2,3)11-7-13-18(27-6-5-21(13,19)10-11)12-8-15(23)16(24)9-14(12)22/h8-9,11,13,18-19H,4-7,10H2,1-3H3,(H,25,26)/t11-,13-,18-,19-,21?/m1/s1. The van der Waals surface area contributed by atoms with Crippen LogP contribution in [-0.4, -0.2) is 18.6 Å². The number of halogens is 3. The molecule has 3 fully saturated rings. The molecular formula is C21H26F3NO2. The first-order valence-corrected chi connectivity index (χ1v) is 9.76. The van der Waals surface area contributed by atoms with Crippen LogP contribution >= 0.6 is 0 Å². The summed E-state index contributed by atoms with van der Waals surface area (Å²) in [6.45, 7) is 6.62. The second kappa shape index (κ2) is 6.23. The fourth-order valence-corrected chi connectivity index (χ4v) is 6.11. The number of ether oxygens (including phenoxy) is 1. The zero-order chi connectivity index (χ0) is 19.6. The lowest BCUT2D eigenvalue weighted by Crippen LogP contribution is -2.58. The van der Waals surface area contributed by atoms with Gasteiger partial charge >= 0.3 is 0 Å². The number of carbonyl (C=O) groups excluding carboxylic acids is 1. The van der Waals surface area contributed by atoms with Crippen molar-refractivity contribution in [3.8, 4) is 0 Å². The van der Waals surface area contributed by atoms with Crippen molar-refractivity contribution in [2.45, 2.75) is 58.6 Å². The molecule has 1 N–H and O–H groups in total. The molecule has 5 atom stereocenters. The molecule has 2 saturated carbocycles. The van der Waals surface area contributed by atoms with Crippen LogP contribution in [0, 0.1) is 40.1 Å². The van der Waals surface area contributed by atoms with Gasteiger partial charge in [-0.1, -0.05) is 20.8 Å². The van der Waals surface area contributed by atoms with Crippen LogP contribution in [0.4, 0.5) is 13.2 Å². The predicted octanol–water partition coefficient (Wildman–Crippen LogP) is 4.51. The van der Waals surface area contributed by atoms with Crippen LogP contribution in [0.1, 0.15) is 58.1 Å². The van der Waals surface area contributed by atoms with Gasteiger partial charge in [-0.2, -0.15) is 0 Å². The van der Waals surface area contributed by atoms with Crippen LogP contribution in [-0.2, 0) is 9.53 Å². The Morgan fingerprint density at radius 3 is 2.63 bits per heavy atom. The van der Waals surface area contributed by atoms with E-state index >= 15 is 0 Å². The Morgan fingerprint density at radius 2 is 1.93 bits per heavy atom. The van der Waals surface area contributed by atoms with Gasteiger partial charge < -0.3 is 10.1 Å². The number of benzene rings is 1. The highest BCUT2D eigenvalue weighted by Gasteiger charge is 2.68. The van der Waals surface area contributed by atoms with E-state index in [0.29, 0.717) is 25.0 Å². The van der Waals surface area contributed by atoms with Crippen LogP contribution in [0.3, 0.4) is 0 Å². The molecule has 148 valence electrons. The Morgan fingerprint density at radius 1 is 1.22 bits per heavy atom. The van der Waals surface area contributed by atoms with E-state index in [1.165, 1.54) is 0 Å². The van der Waals surface area contributed by atoms with Crippen LogP contribution in [0.25, 0.3) is 0 Å². The highest BCUT2D eigenvalue weighted by molar-refractivity contribution is 5.76. The Labute approximate surface area is 157 Å². The molecule has 1 saturated heterocycles. The summed E-state index contributed by atoms with van der Waals surface area (Å²) in [4.78, 5) is 12.2. The average molecular weight is 381 g/mol. The quantitative estimate of drug-likeness (QED) is 0.783. The first-order valence-electron chi connectivity index (χ1n) is 9.76. The molecule has 27 heavy (non-hydrogen) atoms. The number of carbonyl (C=O) groups is 1. The summed E-state index contributed by atoms with van der Waals surface area (Å²) < 4.78 is 47.6. The molecule has 6 heteroatoms. The van der Waals surface area contributed by atoms with Crippen LogP contribution in [0.2, 0.25) is 0 Å². The van der Waals surface area contributed by atoms with E-state index in [4.69, 9.17) is 4.74 Å². The minimum atomic E-state index is -1.19. The summed E-state index contributed by atoms with van der Waals surface area (Å²) in [6.07, 6.45) is 2.37. The monoisotopic (exact) mass is 381 g/mol. The number of nitrogens with one attached hydrogen (secondary N) is 1. The second-order valence-corrected chi connectivity index (χ2v) is 8.98. The highest BCUT2D eigenvalue weighted by atomic mass is 19.2. The summed E-state index contributed by atoms with van der Waals surface area (Å²) in [5, 5.41) is 3.23. The smallest absolute Gasteiger partial charge is 0.219 e. The molecule has 2 aliphatic carbocycles. The Bertz CT molecular complexity index is 781. The molecule has 3 nitrogen and oxygen atoms in total. The third-order valence-corrected chi connectivity index (χ3v) is 7.48. The maximum Gasteiger partial charge on any atom is 0.219 e. The normalized spacial score (nSPS) is 36.5. The first kappa shape index (κ1) is 18.8. The van der Waals surface area contributed by atoms with Gasteiger partial charge in [-0.05, 0) is 48.0 Å². The zero-order valence-corrected chi connectivity index (χ0v) is 16.0. The van der Waals surface area contributed by atoms with E-state index in [1.807, 2.05) is 6.92 Å². The summed E-state index contributed by atoms with van der Waals surface area (Å²) >= 11 is 0. The van der Waals surface area contributed by atoms with E-state index < -0.39 is 23.6 Å². The van der Waals surface area contributed by atoms with Gasteiger partial charge in [-0.25, -0.2) is 13.2 Å². The summed E-state index contributed by atoms with van der Waals surface area (Å²) in [5.74, 6) is -2.66. The number of fused-ring (bicyclic) bond motifs is 1. The molecule has 0 aromatic heterocycles. The van der Waals surface area contributed by atoms with E-state index in [1.54, 1.807) is 0 Å². The zero-order valence-electron chi connectivity index (χ0n) is 16.0. The third-order valence-electron chi connectivity index (χ3n) is 7.48. The molecular weight excluding hydrogens is 355 g/mol. The minimum absolute atomic E-state index is 0.01000. The van der Waals surface area contributed by atoms with Gasteiger partial charge in [0.05, 0.1) is 6.10 Å². The van der Waals surface area contributed by atoms with Crippen LogP contribution in [0.5, 0.6) is 0 Å². The molecule has 0 radical (unpaired) electrons. The SMILES string of the molecule is CCC(=O)N[C@@H]1C(C)(C)[C@@H]2C[C@@H]3[C@@H](c4cc(F)c(F)cc4F)OCCC31C2. The summed E-state index contributed by atoms with van der Waals surface area (Å²) in [6, 6.07) is 1.51. The van der Waals surface area contributed by atoms with E-state index in [0.717, 1.165) is 25.3 Å². The van der Waals surface area contributed by atoms with Crippen LogP contribution in [0.15, 0.2) is 12.1 Å². The van der Waals surface area contributed by atoms with Gasteiger partial charge in [-0.3, -0.25) is 4.79 Å². The lowest BCUT2D eigenvalue weighted by atomic mass is 9.58. The molecule has 1 amide bonds. The van der Waals surface area contributed by atoms with Crippen molar-refractivity contribution in [2.24, 2.45) is 22.7 Å². The topological polar surface area (TPSA) is 38.3 Å². The van der Waals surface area contributed by atoms with Crippen molar-refractivity contribution in [2.75, 3.05) is 6.61 Å². The highest BCUT2D eigenvalue weighted by Crippen LogP contribution is 2.70. The second-order valence-electron chi connectivity index (χ2n) is 8.98. The van der Waals surface area contributed by atoms with Gasteiger partial charge in [0.1, 0.15) is 5.82 Å². The number of hydrogen-bond acceptors (Lipinski definition) is 2. The van der Waals surface area contributed by atoms with Gasteiger partial charge in [0.15, 0.2) is 11.6 Å². The summed E-state index contributed by atoms with van der Waals surface area (Å²) in [5.41, 5.74) is -0.168. The molecule has 1 aromatic rings. The number of amides is 1. The van der Waals surface area contributed by atoms with Crippen molar-refractivity contribution in [3.63, 3.8) is 0 Å². The number of hydrogen-bond donors (Lipinski definition) is 1. The van der Waals surface area contributed by atoms with Crippen molar-refractivity contribution < 1.29 is 22.7 Å². The van der Waals surface area contributed by atoms with Crippen molar-refractivity contribution in [1.82, 2.24) is 5.32 Å². The maximum absolute atomic E-state index is 14.5. The molecule has 2 bridgehead atoms. The van der Waals surface area contributed by atoms with Gasteiger partial charge in [0.2, 0.25) is 5.91 Å². The Balaban J connectivity index is 1.73. The van der Waals surface area contributed by atoms with Gasteiger partial charge in [-0.15, -0.1) is 0 Å². The maximum atomic E-state index is 14.5. The molecule has 1 unspecified atom stereocenters. The van der Waals surface area contributed by atoms with Crippen molar-refractivity contribution in [1.29, 1.82) is 0 Å². The van der Waals surface area contributed by atoms with E-state index in [-0.39, 0.29) is 34.3 Å². The third kappa shape index (κ3) is 2.63. The minimum Gasteiger partial charge on any atom is -0.373 e. The van der Waals surface area contributed by atoms with Gasteiger partial charge in [0, 0.05) is 30.7 Å². The largest absolute Gasteiger partial charge is 0.373 e. The molecule has 1 aromatic carbocycles. The Hall–Kier alpha value is -1.56. The van der Waals surface area contributed by atoms with E-state index in [9.17, 15) is 18.0 Å². The number of rotatable bonds is 3. The van der Waals surface area contributed by atoms with Crippen molar-refractivity contribution in [3.05, 3.63) is 35.1 Å². The predicted molar refractivity (Wildman–Crippen MR) is 94.3 cm³/mol. The molecule has 3 aliphatic rings. The first-order chi connectivity index (χ1) is 12.7. The van der Waals surface area contributed by atoms with Gasteiger partial charge in [0.25, 0.3) is 0 Å². The lowest BCUT2D eigenvalue weighted by molar-refractivity contribution is -0.137. The fourth-order valence-electron chi connectivity index (χ4n) is 6.11. The molecule has 1 heterocycles. The molecule has 1 aliphatic heterocycles. The average Bonchev–Trinajstić information content (AvgIpc) is 3.10. The Kier molecular flexibility index (Phi) is 4.33. The molecule has 1 spiro atoms. The van der Waals surface area contributed by atoms with E-state index in [2.05, 4.69) is 19.2 Å².